The lowest BCUT2D eigenvalue weighted by atomic mass is 10.1. The third-order valence-electron chi connectivity index (χ3n) is 4.15. The number of nitrogens with zero attached hydrogens (tertiary/aromatic N) is 1. The number of phenols is 1. The van der Waals surface area contributed by atoms with Gasteiger partial charge in [0, 0.05) is 21.1 Å². The standard InChI is InChI=1S/C20H18F3NOS2/c1-3-13-10-16(8-9-17(13)25)26-11-18-12(2)24-19(27-18)14-4-6-15(7-5-14)20(21,22)23/h4-10,25H,3,11H2,1-2H3. The number of halogens is 3. The normalized spacial score (nSPS) is 11.7. The smallest absolute Gasteiger partial charge is 0.416 e. The summed E-state index contributed by atoms with van der Waals surface area (Å²) in [4.78, 5) is 6.66. The van der Waals surface area contributed by atoms with Crippen LogP contribution >= 0.6 is 23.1 Å². The van der Waals surface area contributed by atoms with Crippen LogP contribution in [-0.4, -0.2) is 10.1 Å². The van der Waals surface area contributed by atoms with Crippen LogP contribution in [0, 0.1) is 6.92 Å². The molecule has 0 aliphatic rings. The molecule has 1 N–H and O–H groups in total. The fraction of sp³-hybridized carbons (Fsp3) is 0.250. The SMILES string of the molecule is CCc1cc(SCc2sc(-c3ccc(C(F)(F)F)cc3)nc2C)ccc1O. The summed E-state index contributed by atoms with van der Waals surface area (Å²) in [5.41, 5.74) is 1.82. The van der Waals surface area contributed by atoms with Crippen molar-refractivity contribution >= 4 is 23.1 Å². The van der Waals surface area contributed by atoms with Gasteiger partial charge in [-0.3, -0.25) is 0 Å². The number of benzene rings is 2. The molecule has 3 rings (SSSR count). The van der Waals surface area contributed by atoms with Gasteiger partial charge >= 0.3 is 6.18 Å². The van der Waals surface area contributed by atoms with Crippen molar-refractivity contribution in [3.63, 3.8) is 0 Å². The van der Waals surface area contributed by atoms with E-state index in [1.807, 2.05) is 26.0 Å². The quantitative estimate of drug-likeness (QED) is 0.476. The summed E-state index contributed by atoms with van der Waals surface area (Å²) >= 11 is 3.15. The highest BCUT2D eigenvalue weighted by Crippen LogP contribution is 2.35. The van der Waals surface area contributed by atoms with Crippen LogP contribution in [0.2, 0.25) is 0 Å². The van der Waals surface area contributed by atoms with Gasteiger partial charge < -0.3 is 5.11 Å². The molecule has 0 atom stereocenters. The predicted molar refractivity (Wildman–Crippen MR) is 104 cm³/mol. The summed E-state index contributed by atoms with van der Waals surface area (Å²) in [6.45, 7) is 3.90. The number of rotatable bonds is 5. The minimum absolute atomic E-state index is 0.306. The van der Waals surface area contributed by atoms with E-state index < -0.39 is 11.7 Å². The molecule has 1 aromatic heterocycles. The van der Waals surface area contributed by atoms with Gasteiger partial charge in [-0.05, 0) is 49.2 Å². The van der Waals surface area contributed by atoms with E-state index in [2.05, 4.69) is 4.98 Å². The molecule has 0 amide bonds. The van der Waals surface area contributed by atoms with E-state index in [4.69, 9.17) is 0 Å². The van der Waals surface area contributed by atoms with Crippen LogP contribution in [0.25, 0.3) is 10.6 Å². The van der Waals surface area contributed by atoms with Crippen molar-refractivity contribution in [2.24, 2.45) is 0 Å². The summed E-state index contributed by atoms with van der Waals surface area (Å²) in [6.07, 6.45) is -3.57. The topological polar surface area (TPSA) is 33.1 Å². The van der Waals surface area contributed by atoms with Crippen molar-refractivity contribution in [3.8, 4) is 16.3 Å². The van der Waals surface area contributed by atoms with Gasteiger partial charge in [0.2, 0.25) is 0 Å². The van der Waals surface area contributed by atoms with E-state index in [9.17, 15) is 18.3 Å². The predicted octanol–water partition coefficient (Wildman–Crippen LogP) is 6.70. The van der Waals surface area contributed by atoms with Gasteiger partial charge in [-0.15, -0.1) is 23.1 Å². The van der Waals surface area contributed by atoms with Crippen LogP contribution in [0.15, 0.2) is 47.4 Å². The van der Waals surface area contributed by atoms with E-state index >= 15 is 0 Å². The summed E-state index contributed by atoms with van der Waals surface area (Å²) < 4.78 is 38.1. The molecule has 0 aliphatic heterocycles. The molecule has 1 heterocycles. The Kier molecular flexibility index (Phi) is 5.81. The van der Waals surface area contributed by atoms with Crippen LogP contribution < -0.4 is 0 Å². The first-order valence-corrected chi connectivity index (χ1v) is 10.2. The molecular weight excluding hydrogens is 391 g/mol. The third kappa shape index (κ3) is 4.65. The summed E-state index contributed by atoms with van der Waals surface area (Å²) in [7, 11) is 0. The van der Waals surface area contributed by atoms with Crippen molar-refractivity contribution in [2.75, 3.05) is 0 Å². The Balaban J connectivity index is 1.75. The summed E-state index contributed by atoms with van der Waals surface area (Å²) in [5, 5.41) is 10.5. The number of aromatic nitrogens is 1. The molecule has 2 nitrogen and oxygen atoms in total. The first kappa shape index (κ1) is 19.8. The Bertz CT molecular complexity index is 933. The lowest BCUT2D eigenvalue weighted by Gasteiger charge is -2.06. The molecule has 0 spiro atoms. The zero-order valence-electron chi connectivity index (χ0n) is 14.8. The summed E-state index contributed by atoms with van der Waals surface area (Å²) in [6, 6.07) is 10.7. The number of hydrogen-bond acceptors (Lipinski definition) is 4. The second kappa shape index (κ2) is 7.94. The molecule has 0 bridgehead atoms. The van der Waals surface area contributed by atoms with E-state index in [-0.39, 0.29) is 0 Å². The molecule has 7 heteroatoms. The molecule has 0 saturated carbocycles. The maximum atomic E-state index is 12.7. The number of hydrogen-bond donors (Lipinski definition) is 1. The fourth-order valence-corrected chi connectivity index (χ4v) is 4.74. The van der Waals surface area contributed by atoms with E-state index in [1.165, 1.54) is 23.5 Å². The fourth-order valence-electron chi connectivity index (χ4n) is 2.57. The molecule has 142 valence electrons. The van der Waals surface area contributed by atoms with Crippen LogP contribution in [0.5, 0.6) is 5.75 Å². The molecule has 0 aliphatic carbocycles. The van der Waals surface area contributed by atoms with Crippen molar-refractivity contribution < 1.29 is 18.3 Å². The molecule has 27 heavy (non-hydrogen) atoms. The Hall–Kier alpha value is -1.99. The molecule has 0 radical (unpaired) electrons. The average Bonchev–Trinajstić information content (AvgIpc) is 3.01. The van der Waals surface area contributed by atoms with Crippen molar-refractivity contribution in [3.05, 3.63) is 64.2 Å². The van der Waals surface area contributed by atoms with Gasteiger partial charge in [0.25, 0.3) is 0 Å². The van der Waals surface area contributed by atoms with Gasteiger partial charge in [-0.1, -0.05) is 19.1 Å². The summed E-state index contributed by atoms with van der Waals surface area (Å²) in [5.74, 6) is 1.03. The van der Waals surface area contributed by atoms with E-state index in [0.717, 1.165) is 50.3 Å². The van der Waals surface area contributed by atoms with Crippen molar-refractivity contribution in [1.82, 2.24) is 4.98 Å². The van der Waals surface area contributed by atoms with Crippen LogP contribution in [0.1, 0.15) is 28.6 Å². The highest BCUT2D eigenvalue weighted by Gasteiger charge is 2.30. The zero-order chi connectivity index (χ0) is 19.6. The van der Waals surface area contributed by atoms with Gasteiger partial charge in [0.05, 0.1) is 11.3 Å². The molecule has 0 saturated heterocycles. The maximum absolute atomic E-state index is 12.7. The van der Waals surface area contributed by atoms with Crippen LogP contribution in [0.3, 0.4) is 0 Å². The van der Waals surface area contributed by atoms with Crippen LogP contribution in [0.4, 0.5) is 13.2 Å². The van der Waals surface area contributed by atoms with Crippen molar-refractivity contribution in [2.45, 2.75) is 37.1 Å². The molecule has 2 aromatic carbocycles. The average molecular weight is 409 g/mol. The monoisotopic (exact) mass is 409 g/mol. The molecule has 0 fully saturated rings. The number of alkyl halides is 3. The minimum Gasteiger partial charge on any atom is -0.508 e. The van der Waals surface area contributed by atoms with Gasteiger partial charge in [-0.25, -0.2) is 4.98 Å². The van der Waals surface area contributed by atoms with E-state index in [0.29, 0.717) is 11.3 Å². The zero-order valence-corrected chi connectivity index (χ0v) is 16.4. The number of thiazole rings is 1. The third-order valence-corrected chi connectivity index (χ3v) is 6.56. The lowest BCUT2D eigenvalue weighted by molar-refractivity contribution is -0.137. The maximum Gasteiger partial charge on any atom is 0.416 e. The lowest BCUT2D eigenvalue weighted by Crippen LogP contribution is -2.03. The molecule has 0 unspecified atom stereocenters. The highest BCUT2D eigenvalue weighted by molar-refractivity contribution is 7.98. The second-order valence-electron chi connectivity index (χ2n) is 6.04. The Morgan fingerprint density at radius 2 is 1.81 bits per heavy atom. The van der Waals surface area contributed by atoms with Gasteiger partial charge in [0.1, 0.15) is 10.8 Å². The first-order chi connectivity index (χ1) is 12.8. The largest absolute Gasteiger partial charge is 0.508 e. The number of phenolic OH excluding ortho intramolecular Hbond substituents is 1. The minimum atomic E-state index is -4.33. The van der Waals surface area contributed by atoms with Gasteiger partial charge in [0.15, 0.2) is 0 Å². The molecule has 3 aromatic rings. The number of aromatic hydroxyl groups is 1. The molecular formula is C20H18F3NOS2. The Morgan fingerprint density at radius 3 is 2.44 bits per heavy atom. The second-order valence-corrected chi connectivity index (χ2v) is 8.17. The Morgan fingerprint density at radius 1 is 1.11 bits per heavy atom. The van der Waals surface area contributed by atoms with E-state index in [1.54, 1.807) is 17.8 Å². The Labute approximate surface area is 164 Å². The highest BCUT2D eigenvalue weighted by atomic mass is 32.2. The first-order valence-electron chi connectivity index (χ1n) is 8.36. The number of thioether (sulfide) groups is 1. The number of aryl methyl sites for hydroxylation is 2. The van der Waals surface area contributed by atoms with Crippen molar-refractivity contribution in [1.29, 1.82) is 0 Å². The van der Waals surface area contributed by atoms with Crippen LogP contribution in [-0.2, 0) is 18.3 Å². The van der Waals surface area contributed by atoms with Gasteiger partial charge in [-0.2, -0.15) is 13.2 Å².